The number of rotatable bonds is 8. The van der Waals surface area contributed by atoms with Crippen molar-refractivity contribution >= 4 is 12.2 Å². The molecule has 0 fully saturated rings. The first-order chi connectivity index (χ1) is 12.2. The third-order valence-electron chi connectivity index (χ3n) is 3.64. The molecule has 0 spiro atoms. The molecule has 0 aliphatic carbocycles. The van der Waals surface area contributed by atoms with E-state index in [2.05, 4.69) is 5.48 Å². The largest absolute Gasteiger partial charge is 0.449 e. The second-order valence-electron chi connectivity index (χ2n) is 5.59. The highest BCUT2D eigenvalue weighted by Crippen LogP contribution is 2.12. The Kier molecular flexibility index (Phi) is 7.78. The van der Waals surface area contributed by atoms with Crippen molar-refractivity contribution in [3.63, 3.8) is 0 Å². The summed E-state index contributed by atoms with van der Waals surface area (Å²) >= 11 is 0. The first kappa shape index (κ1) is 18.8. The standard InChI is InChI=1S/C18H24N2O5/c1-2-3-12-23-18(22)20-11-7-10-16(20)14-25-19-17(21)24-13-15-8-5-4-6-9-15/h4-10,16H,2-3,11-14H2,1H3,(H,19,21). The Morgan fingerprint density at radius 1 is 1.24 bits per heavy atom. The van der Waals surface area contributed by atoms with Crippen molar-refractivity contribution in [1.29, 1.82) is 0 Å². The molecule has 1 heterocycles. The van der Waals surface area contributed by atoms with Crippen LogP contribution in [-0.2, 0) is 20.9 Å². The number of unbranched alkanes of at least 4 members (excludes halogenated alkanes) is 1. The highest BCUT2D eigenvalue weighted by atomic mass is 16.7. The van der Waals surface area contributed by atoms with Crippen LogP contribution in [0, 0.1) is 0 Å². The van der Waals surface area contributed by atoms with Crippen molar-refractivity contribution in [2.24, 2.45) is 0 Å². The summed E-state index contributed by atoms with van der Waals surface area (Å²) in [6, 6.07) is 9.07. The lowest BCUT2D eigenvalue weighted by Gasteiger charge is -2.23. The second-order valence-corrected chi connectivity index (χ2v) is 5.59. The Morgan fingerprint density at radius 3 is 2.80 bits per heavy atom. The third-order valence-corrected chi connectivity index (χ3v) is 3.64. The summed E-state index contributed by atoms with van der Waals surface area (Å²) in [5, 5.41) is 0. The number of hydroxylamine groups is 1. The SMILES string of the molecule is CCCCOC(=O)N1CC=CC1CONC(=O)OCc1ccccc1. The molecule has 25 heavy (non-hydrogen) atoms. The predicted molar refractivity (Wildman–Crippen MR) is 91.6 cm³/mol. The smallest absolute Gasteiger partial charge is 0.431 e. The number of hydrogen-bond donors (Lipinski definition) is 1. The van der Waals surface area contributed by atoms with Gasteiger partial charge in [-0.15, -0.1) is 0 Å². The minimum atomic E-state index is -0.678. The zero-order valence-corrected chi connectivity index (χ0v) is 14.3. The van der Waals surface area contributed by atoms with Crippen LogP contribution < -0.4 is 5.48 Å². The topological polar surface area (TPSA) is 77.1 Å². The van der Waals surface area contributed by atoms with Gasteiger partial charge in [-0.3, -0.25) is 9.74 Å². The monoisotopic (exact) mass is 348 g/mol. The number of hydrogen-bond acceptors (Lipinski definition) is 5. The Morgan fingerprint density at radius 2 is 2.04 bits per heavy atom. The maximum absolute atomic E-state index is 12.0. The number of amides is 2. The third kappa shape index (κ3) is 6.46. The molecule has 0 bridgehead atoms. The number of benzene rings is 1. The Balaban J connectivity index is 1.65. The van der Waals surface area contributed by atoms with Crippen LogP contribution in [0.3, 0.4) is 0 Å². The first-order valence-corrected chi connectivity index (χ1v) is 8.39. The minimum Gasteiger partial charge on any atom is -0.449 e. The van der Waals surface area contributed by atoms with Crippen LogP contribution in [0.25, 0.3) is 0 Å². The van der Waals surface area contributed by atoms with Gasteiger partial charge in [0.15, 0.2) is 0 Å². The summed E-state index contributed by atoms with van der Waals surface area (Å²) < 4.78 is 10.2. The maximum atomic E-state index is 12.0. The van der Waals surface area contributed by atoms with E-state index >= 15 is 0 Å². The molecule has 2 rings (SSSR count). The van der Waals surface area contributed by atoms with E-state index in [0.29, 0.717) is 13.2 Å². The van der Waals surface area contributed by atoms with Gasteiger partial charge in [0.1, 0.15) is 6.61 Å². The van der Waals surface area contributed by atoms with Crippen LogP contribution in [-0.4, -0.2) is 42.9 Å². The van der Waals surface area contributed by atoms with E-state index in [1.807, 2.05) is 49.4 Å². The lowest BCUT2D eigenvalue weighted by molar-refractivity contribution is 0.00568. The van der Waals surface area contributed by atoms with E-state index < -0.39 is 6.09 Å². The fraction of sp³-hybridized carbons (Fsp3) is 0.444. The fourth-order valence-electron chi connectivity index (χ4n) is 2.25. The maximum Gasteiger partial charge on any atom is 0.431 e. The van der Waals surface area contributed by atoms with E-state index in [0.717, 1.165) is 18.4 Å². The van der Waals surface area contributed by atoms with Gasteiger partial charge in [0.2, 0.25) is 0 Å². The molecule has 0 aromatic heterocycles. The molecule has 0 saturated carbocycles. The zero-order valence-electron chi connectivity index (χ0n) is 14.3. The van der Waals surface area contributed by atoms with Crippen LogP contribution in [0.4, 0.5) is 9.59 Å². The quantitative estimate of drug-likeness (QED) is 0.444. The summed E-state index contributed by atoms with van der Waals surface area (Å²) in [5.74, 6) is 0. The summed E-state index contributed by atoms with van der Waals surface area (Å²) in [6.45, 7) is 3.19. The molecule has 1 aromatic rings. The minimum absolute atomic E-state index is 0.125. The van der Waals surface area contributed by atoms with Crippen molar-refractivity contribution in [1.82, 2.24) is 10.4 Å². The molecule has 1 N–H and O–H groups in total. The van der Waals surface area contributed by atoms with Gasteiger partial charge >= 0.3 is 12.2 Å². The normalized spacial score (nSPS) is 15.9. The van der Waals surface area contributed by atoms with Gasteiger partial charge in [-0.1, -0.05) is 55.8 Å². The molecule has 136 valence electrons. The lowest BCUT2D eigenvalue weighted by Crippen LogP contribution is -2.41. The molecule has 7 heteroatoms. The van der Waals surface area contributed by atoms with Crippen LogP contribution >= 0.6 is 0 Å². The highest BCUT2D eigenvalue weighted by Gasteiger charge is 2.26. The summed E-state index contributed by atoms with van der Waals surface area (Å²) in [7, 11) is 0. The van der Waals surface area contributed by atoms with E-state index in [9.17, 15) is 9.59 Å². The number of nitrogens with zero attached hydrogens (tertiary/aromatic N) is 1. The Labute approximate surface area is 147 Å². The predicted octanol–water partition coefficient (Wildman–Crippen LogP) is 3.02. The molecule has 1 aliphatic rings. The van der Waals surface area contributed by atoms with Gasteiger partial charge in [0.25, 0.3) is 0 Å². The van der Waals surface area contributed by atoms with E-state index in [1.165, 1.54) is 0 Å². The highest BCUT2D eigenvalue weighted by molar-refractivity contribution is 5.69. The summed E-state index contributed by atoms with van der Waals surface area (Å²) in [4.78, 5) is 30.3. The first-order valence-electron chi connectivity index (χ1n) is 8.39. The zero-order chi connectivity index (χ0) is 17.9. The molecule has 0 saturated heterocycles. The molecule has 1 unspecified atom stereocenters. The van der Waals surface area contributed by atoms with Crippen LogP contribution in [0.5, 0.6) is 0 Å². The lowest BCUT2D eigenvalue weighted by atomic mass is 10.2. The van der Waals surface area contributed by atoms with Gasteiger partial charge in [-0.05, 0) is 12.0 Å². The van der Waals surface area contributed by atoms with Crippen molar-refractivity contribution in [3.8, 4) is 0 Å². The van der Waals surface area contributed by atoms with Gasteiger partial charge in [0.05, 0.1) is 19.3 Å². The summed E-state index contributed by atoms with van der Waals surface area (Å²) in [6.07, 6.45) is 4.46. The number of carbonyl (C=O) groups is 2. The van der Waals surface area contributed by atoms with Crippen molar-refractivity contribution in [2.75, 3.05) is 19.8 Å². The fourth-order valence-corrected chi connectivity index (χ4v) is 2.25. The van der Waals surface area contributed by atoms with E-state index in [4.69, 9.17) is 14.3 Å². The molecule has 1 atom stereocenters. The number of ether oxygens (including phenoxy) is 2. The van der Waals surface area contributed by atoms with E-state index in [-0.39, 0.29) is 25.3 Å². The van der Waals surface area contributed by atoms with Gasteiger partial charge in [-0.2, -0.15) is 5.48 Å². The molecule has 0 radical (unpaired) electrons. The van der Waals surface area contributed by atoms with E-state index in [1.54, 1.807) is 4.90 Å². The Bertz CT molecular complexity index is 576. The molecule has 1 aromatic carbocycles. The number of carbonyl (C=O) groups excluding carboxylic acids is 2. The van der Waals surface area contributed by atoms with Gasteiger partial charge in [0, 0.05) is 6.54 Å². The Hall–Kier alpha value is -2.54. The van der Waals surface area contributed by atoms with Crippen molar-refractivity contribution in [3.05, 3.63) is 48.0 Å². The molecule has 1 aliphatic heterocycles. The van der Waals surface area contributed by atoms with Gasteiger partial charge in [-0.25, -0.2) is 9.59 Å². The van der Waals surface area contributed by atoms with Crippen LogP contribution in [0.15, 0.2) is 42.5 Å². The second kappa shape index (κ2) is 10.4. The van der Waals surface area contributed by atoms with Crippen molar-refractivity contribution in [2.45, 2.75) is 32.4 Å². The van der Waals surface area contributed by atoms with Gasteiger partial charge < -0.3 is 9.47 Å². The van der Waals surface area contributed by atoms with Crippen LogP contribution in [0.2, 0.25) is 0 Å². The average molecular weight is 348 g/mol. The molecular weight excluding hydrogens is 324 g/mol. The molecule has 2 amide bonds. The average Bonchev–Trinajstić information content (AvgIpc) is 3.09. The van der Waals surface area contributed by atoms with Crippen molar-refractivity contribution < 1.29 is 23.9 Å². The number of nitrogens with one attached hydrogen (secondary N) is 1. The van der Waals surface area contributed by atoms with Crippen LogP contribution in [0.1, 0.15) is 25.3 Å². The molecule has 7 nitrogen and oxygen atoms in total. The molecular formula is C18H24N2O5. The summed E-state index contributed by atoms with van der Waals surface area (Å²) in [5.41, 5.74) is 3.10.